The lowest BCUT2D eigenvalue weighted by Gasteiger charge is -2.12. The fourth-order valence-corrected chi connectivity index (χ4v) is 2.12. The van der Waals surface area contributed by atoms with E-state index in [1.54, 1.807) is 12.4 Å². The van der Waals surface area contributed by atoms with Gasteiger partial charge in [-0.05, 0) is 30.7 Å². The van der Waals surface area contributed by atoms with Gasteiger partial charge in [-0.25, -0.2) is 0 Å². The van der Waals surface area contributed by atoms with Gasteiger partial charge in [-0.2, -0.15) is 0 Å². The molecule has 18 heavy (non-hydrogen) atoms. The lowest BCUT2D eigenvalue weighted by Crippen LogP contribution is -2.01. The topological polar surface area (TPSA) is 42.4 Å². The minimum absolute atomic E-state index is 0.581. The predicted molar refractivity (Wildman–Crippen MR) is 73.6 cm³/mol. The number of hydrogen-bond donors (Lipinski definition) is 1. The van der Waals surface area contributed by atoms with Gasteiger partial charge in [0, 0.05) is 16.2 Å². The maximum Gasteiger partial charge on any atom is 0.137 e. The first-order valence-electron chi connectivity index (χ1n) is 5.72. The molecule has 1 unspecified atom stereocenters. The Hall–Kier alpha value is -1.39. The predicted octanol–water partition coefficient (Wildman–Crippen LogP) is 3.32. The van der Waals surface area contributed by atoms with Crippen molar-refractivity contribution in [3.63, 3.8) is 0 Å². The van der Waals surface area contributed by atoms with Crippen LogP contribution in [0.25, 0.3) is 0 Å². The third-order valence-corrected chi connectivity index (χ3v) is 3.02. The summed E-state index contributed by atoms with van der Waals surface area (Å²) >= 11 is 3.39. The van der Waals surface area contributed by atoms with E-state index in [0.717, 1.165) is 15.6 Å². The van der Waals surface area contributed by atoms with Crippen molar-refractivity contribution in [2.75, 3.05) is 6.61 Å². The molecule has 0 spiro atoms. The number of pyridine rings is 1. The van der Waals surface area contributed by atoms with Crippen LogP contribution in [-0.4, -0.2) is 16.7 Å². The summed E-state index contributed by atoms with van der Waals surface area (Å²) in [7, 11) is 0. The molecule has 1 aromatic heterocycles. The molecule has 2 rings (SSSR count). The van der Waals surface area contributed by atoms with Crippen LogP contribution in [0.5, 0.6) is 5.75 Å². The van der Waals surface area contributed by atoms with E-state index in [1.807, 2.05) is 37.3 Å². The summed E-state index contributed by atoms with van der Waals surface area (Å²) in [4.78, 5) is 4.08. The zero-order valence-corrected chi connectivity index (χ0v) is 11.6. The molecular formula is C14H14BrNO2. The van der Waals surface area contributed by atoms with Gasteiger partial charge in [-0.15, -0.1) is 0 Å². The van der Waals surface area contributed by atoms with Gasteiger partial charge in [0.05, 0.1) is 12.8 Å². The second-order valence-corrected chi connectivity index (χ2v) is 4.76. The van der Waals surface area contributed by atoms with Crippen molar-refractivity contribution in [3.05, 3.63) is 58.3 Å². The molecule has 2 aromatic rings. The zero-order valence-electron chi connectivity index (χ0n) is 10.0. The molecule has 0 fully saturated rings. The molecule has 1 atom stereocenters. The van der Waals surface area contributed by atoms with Gasteiger partial charge in [0.15, 0.2) is 0 Å². The van der Waals surface area contributed by atoms with Crippen LogP contribution in [0.3, 0.4) is 0 Å². The standard InChI is InChI=1S/C14H14BrNO2/c1-2-18-13-7-11(8-16-9-13)14(17)10-4-3-5-12(15)6-10/h3-9,14,17H,2H2,1H3. The molecular weight excluding hydrogens is 294 g/mol. The molecule has 0 aliphatic heterocycles. The summed E-state index contributed by atoms with van der Waals surface area (Å²) in [6.07, 6.45) is 2.59. The Morgan fingerprint density at radius 1 is 1.28 bits per heavy atom. The van der Waals surface area contributed by atoms with Crippen LogP contribution in [0.1, 0.15) is 24.2 Å². The van der Waals surface area contributed by atoms with Gasteiger partial charge in [0.2, 0.25) is 0 Å². The summed E-state index contributed by atoms with van der Waals surface area (Å²) in [5.74, 6) is 0.670. The van der Waals surface area contributed by atoms with Crippen LogP contribution in [0, 0.1) is 0 Å². The average Bonchev–Trinajstić information content (AvgIpc) is 2.39. The summed E-state index contributed by atoms with van der Waals surface area (Å²) in [5, 5.41) is 10.3. The van der Waals surface area contributed by atoms with Gasteiger partial charge < -0.3 is 9.84 Å². The highest BCUT2D eigenvalue weighted by Gasteiger charge is 2.12. The number of aliphatic hydroxyl groups is 1. The van der Waals surface area contributed by atoms with E-state index in [9.17, 15) is 5.11 Å². The van der Waals surface area contributed by atoms with E-state index in [1.165, 1.54) is 0 Å². The van der Waals surface area contributed by atoms with Gasteiger partial charge in [0.25, 0.3) is 0 Å². The summed E-state index contributed by atoms with van der Waals surface area (Å²) in [5.41, 5.74) is 1.54. The smallest absolute Gasteiger partial charge is 0.137 e. The Balaban J connectivity index is 2.27. The van der Waals surface area contributed by atoms with E-state index in [2.05, 4.69) is 20.9 Å². The number of benzene rings is 1. The van der Waals surface area contributed by atoms with Crippen LogP contribution in [0.15, 0.2) is 47.2 Å². The molecule has 4 heteroatoms. The summed E-state index contributed by atoms with van der Waals surface area (Å²) in [6, 6.07) is 9.39. The molecule has 3 nitrogen and oxygen atoms in total. The minimum Gasteiger partial charge on any atom is -0.492 e. The third-order valence-electron chi connectivity index (χ3n) is 2.53. The van der Waals surface area contributed by atoms with Gasteiger partial charge in [0.1, 0.15) is 11.9 Å². The number of ether oxygens (including phenoxy) is 1. The molecule has 0 amide bonds. The molecule has 1 N–H and O–H groups in total. The fraction of sp³-hybridized carbons (Fsp3) is 0.214. The number of aromatic nitrogens is 1. The Kier molecular flexibility index (Phi) is 4.33. The second-order valence-electron chi connectivity index (χ2n) is 3.84. The SMILES string of the molecule is CCOc1cncc(C(O)c2cccc(Br)c2)c1. The van der Waals surface area contributed by atoms with E-state index in [-0.39, 0.29) is 0 Å². The summed E-state index contributed by atoms with van der Waals surface area (Å²) in [6.45, 7) is 2.50. The van der Waals surface area contributed by atoms with Crippen molar-refractivity contribution < 1.29 is 9.84 Å². The van der Waals surface area contributed by atoms with Crippen molar-refractivity contribution in [2.45, 2.75) is 13.0 Å². The highest BCUT2D eigenvalue weighted by atomic mass is 79.9. The number of aliphatic hydroxyl groups excluding tert-OH is 1. The highest BCUT2D eigenvalue weighted by Crippen LogP contribution is 2.25. The van der Waals surface area contributed by atoms with Crippen LogP contribution in [0.4, 0.5) is 0 Å². The second kappa shape index (κ2) is 5.98. The lowest BCUT2D eigenvalue weighted by molar-refractivity contribution is 0.219. The maximum absolute atomic E-state index is 10.3. The molecule has 0 radical (unpaired) electrons. The van der Waals surface area contributed by atoms with Crippen molar-refractivity contribution in [1.82, 2.24) is 4.98 Å². The fourth-order valence-electron chi connectivity index (χ4n) is 1.70. The van der Waals surface area contributed by atoms with Crippen molar-refractivity contribution in [1.29, 1.82) is 0 Å². The van der Waals surface area contributed by atoms with Gasteiger partial charge >= 0.3 is 0 Å². The number of nitrogens with zero attached hydrogens (tertiary/aromatic N) is 1. The third kappa shape index (κ3) is 3.09. The van der Waals surface area contributed by atoms with Crippen LogP contribution >= 0.6 is 15.9 Å². The van der Waals surface area contributed by atoms with Gasteiger partial charge in [-0.3, -0.25) is 4.98 Å². The van der Waals surface area contributed by atoms with E-state index < -0.39 is 6.10 Å². The first kappa shape index (κ1) is 13.1. The first-order valence-corrected chi connectivity index (χ1v) is 6.51. The molecule has 0 saturated carbocycles. The van der Waals surface area contributed by atoms with Crippen LogP contribution < -0.4 is 4.74 Å². The Morgan fingerprint density at radius 3 is 2.83 bits per heavy atom. The molecule has 0 bridgehead atoms. The van der Waals surface area contributed by atoms with Gasteiger partial charge in [-0.1, -0.05) is 28.1 Å². The summed E-state index contributed by atoms with van der Waals surface area (Å²) < 4.78 is 6.31. The number of hydrogen-bond acceptors (Lipinski definition) is 3. The van der Waals surface area contributed by atoms with Crippen LogP contribution in [0.2, 0.25) is 0 Å². The zero-order chi connectivity index (χ0) is 13.0. The quantitative estimate of drug-likeness (QED) is 0.942. The molecule has 1 heterocycles. The Bertz CT molecular complexity index is 531. The maximum atomic E-state index is 10.3. The molecule has 0 aliphatic carbocycles. The molecule has 0 aliphatic rings. The lowest BCUT2D eigenvalue weighted by atomic mass is 10.0. The molecule has 1 aromatic carbocycles. The number of halogens is 1. The van der Waals surface area contributed by atoms with Crippen molar-refractivity contribution in [2.24, 2.45) is 0 Å². The Labute approximate surface area is 115 Å². The average molecular weight is 308 g/mol. The van der Waals surface area contributed by atoms with E-state index in [0.29, 0.717) is 12.4 Å². The minimum atomic E-state index is -0.699. The number of rotatable bonds is 4. The normalized spacial score (nSPS) is 12.2. The highest BCUT2D eigenvalue weighted by molar-refractivity contribution is 9.10. The van der Waals surface area contributed by atoms with E-state index >= 15 is 0 Å². The molecule has 94 valence electrons. The van der Waals surface area contributed by atoms with Crippen molar-refractivity contribution >= 4 is 15.9 Å². The largest absolute Gasteiger partial charge is 0.492 e. The Morgan fingerprint density at radius 2 is 2.11 bits per heavy atom. The van der Waals surface area contributed by atoms with Crippen molar-refractivity contribution in [3.8, 4) is 5.75 Å². The first-order chi connectivity index (χ1) is 8.70. The monoisotopic (exact) mass is 307 g/mol. The molecule has 0 saturated heterocycles. The van der Waals surface area contributed by atoms with Crippen LogP contribution in [-0.2, 0) is 0 Å². The van der Waals surface area contributed by atoms with E-state index in [4.69, 9.17) is 4.74 Å².